The SMILES string of the molecule is CC/C(=C(\C(C)=C\C(=O)O)c1cccc(C(=O)O)c1)c1ccc2cc3c(cc2c1)C(C)(C)CCC3(C)C. The topological polar surface area (TPSA) is 74.6 Å². The first-order valence-corrected chi connectivity index (χ1v) is 12.9. The lowest BCUT2D eigenvalue weighted by Crippen LogP contribution is -2.33. The maximum Gasteiger partial charge on any atom is 0.335 e. The summed E-state index contributed by atoms with van der Waals surface area (Å²) in [5.74, 6) is -2.05. The van der Waals surface area contributed by atoms with Gasteiger partial charge in [-0.15, -0.1) is 0 Å². The third kappa shape index (κ3) is 5.11. The van der Waals surface area contributed by atoms with Crippen molar-refractivity contribution < 1.29 is 19.8 Å². The molecule has 0 fully saturated rings. The van der Waals surface area contributed by atoms with Crippen molar-refractivity contribution in [3.63, 3.8) is 0 Å². The standard InChI is InChI=1S/C33H36O4/c1-7-26(30(20(2)15-29(34)35)23-9-8-10-24(17-23)31(36)37)22-12-11-21-18-27-28(19-25(21)16-22)33(5,6)14-13-32(27,3)4/h8-12,15-19H,7,13-14H2,1-6H3,(H,34,35)(H,36,37)/b20-15+,30-26-. The Kier molecular flexibility index (Phi) is 6.89. The van der Waals surface area contributed by atoms with Gasteiger partial charge in [-0.05, 0) is 105 Å². The molecule has 0 aromatic heterocycles. The van der Waals surface area contributed by atoms with Crippen LogP contribution in [0.2, 0.25) is 0 Å². The van der Waals surface area contributed by atoms with Gasteiger partial charge in [-0.3, -0.25) is 0 Å². The molecule has 0 radical (unpaired) electrons. The number of fused-ring (bicyclic) bond motifs is 2. The minimum Gasteiger partial charge on any atom is -0.478 e. The lowest BCUT2D eigenvalue weighted by atomic mass is 9.63. The molecule has 4 heteroatoms. The van der Waals surface area contributed by atoms with Gasteiger partial charge in [-0.2, -0.15) is 0 Å². The average Bonchev–Trinajstić information content (AvgIpc) is 2.83. The number of allylic oxidation sites excluding steroid dienone is 3. The van der Waals surface area contributed by atoms with Gasteiger partial charge < -0.3 is 10.2 Å². The van der Waals surface area contributed by atoms with Crippen molar-refractivity contribution >= 4 is 33.9 Å². The molecule has 0 unspecified atom stereocenters. The van der Waals surface area contributed by atoms with Crippen molar-refractivity contribution in [3.05, 3.63) is 94.1 Å². The number of rotatable bonds is 6. The van der Waals surface area contributed by atoms with Crippen LogP contribution in [-0.4, -0.2) is 22.2 Å². The molecule has 0 atom stereocenters. The van der Waals surface area contributed by atoms with E-state index in [4.69, 9.17) is 0 Å². The van der Waals surface area contributed by atoms with Crippen LogP contribution in [0.3, 0.4) is 0 Å². The lowest BCUT2D eigenvalue weighted by molar-refractivity contribution is -0.131. The van der Waals surface area contributed by atoms with Crippen molar-refractivity contribution in [3.8, 4) is 0 Å². The van der Waals surface area contributed by atoms with Crippen molar-refractivity contribution in [2.75, 3.05) is 0 Å². The van der Waals surface area contributed by atoms with Gasteiger partial charge in [0.2, 0.25) is 0 Å². The molecule has 0 aliphatic heterocycles. The minimum absolute atomic E-state index is 0.0989. The van der Waals surface area contributed by atoms with Crippen LogP contribution in [0.5, 0.6) is 0 Å². The molecule has 3 aromatic carbocycles. The summed E-state index contributed by atoms with van der Waals surface area (Å²) < 4.78 is 0. The zero-order valence-corrected chi connectivity index (χ0v) is 22.6. The normalized spacial score (nSPS) is 17.2. The molecule has 2 N–H and O–H groups in total. The van der Waals surface area contributed by atoms with Gasteiger partial charge in [0.1, 0.15) is 0 Å². The van der Waals surface area contributed by atoms with Crippen LogP contribution in [-0.2, 0) is 15.6 Å². The van der Waals surface area contributed by atoms with E-state index < -0.39 is 11.9 Å². The van der Waals surface area contributed by atoms with Crippen LogP contribution in [0.1, 0.15) is 93.4 Å². The first kappa shape index (κ1) is 26.4. The van der Waals surface area contributed by atoms with E-state index in [0.29, 0.717) is 17.6 Å². The minimum atomic E-state index is -1.03. The van der Waals surface area contributed by atoms with E-state index in [0.717, 1.165) is 34.9 Å². The van der Waals surface area contributed by atoms with Crippen LogP contribution in [0.4, 0.5) is 0 Å². The molecule has 4 nitrogen and oxygen atoms in total. The fourth-order valence-corrected chi connectivity index (χ4v) is 5.73. The summed E-state index contributed by atoms with van der Waals surface area (Å²) in [4.78, 5) is 23.3. The number of carboxylic acids is 2. The molecule has 4 rings (SSSR count). The predicted octanol–water partition coefficient (Wildman–Crippen LogP) is 8.24. The summed E-state index contributed by atoms with van der Waals surface area (Å²) >= 11 is 0. The van der Waals surface area contributed by atoms with E-state index >= 15 is 0 Å². The maximum atomic E-state index is 11.7. The number of carbonyl (C=O) groups is 2. The second kappa shape index (κ2) is 9.66. The zero-order chi connectivity index (χ0) is 27.1. The van der Waals surface area contributed by atoms with Gasteiger partial charge in [0, 0.05) is 6.08 Å². The summed E-state index contributed by atoms with van der Waals surface area (Å²) in [6.45, 7) is 13.1. The van der Waals surface area contributed by atoms with E-state index in [1.807, 2.05) is 13.0 Å². The predicted molar refractivity (Wildman–Crippen MR) is 151 cm³/mol. The molecule has 1 aliphatic rings. The van der Waals surface area contributed by atoms with Crippen LogP contribution < -0.4 is 0 Å². The maximum absolute atomic E-state index is 11.7. The van der Waals surface area contributed by atoms with E-state index in [1.54, 1.807) is 25.1 Å². The Labute approximate surface area is 219 Å². The monoisotopic (exact) mass is 496 g/mol. The largest absolute Gasteiger partial charge is 0.478 e. The molecule has 0 bridgehead atoms. The molecule has 0 saturated carbocycles. The Hall–Kier alpha value is -3.66. The molecule has 1 aliphatic carbocycles. The van der Waals surface area contributed by atoms with E-state index in [-0.39, 0.29) is 16.4 Å². The Morgan fingerprint density at radius 1 is 0.811 bits per heavy atom. The summed E-state index contributed by atoms with van der Waals surface area (Å²) in [6, 6.07) is 17.9. The summed E-state index contributed by atoms with van der Waals surface area (Å²) in [6.07, 6.45) is 4.15. The van der Waals surface area contributed by atoms with Gasteiger partial charge in [-0.25, -0.2) is 9.59 Å². The highest BCUT2D eigenvalue weighted by molar-refractivity contribution is 6.03. The molecule has 192 valence electrons. The van der Waals surface area contributed by atoms with Crippen LogP contribution in [0.15, 0.2) is 66.2 Å². The van der Waals surface area contributed by atoms with Crippen LogP contribution in [0.25, 0.3) is 21.9 Å². The molecule has 37 heavy (non-hydrogen) atoms. The zero-order valence-electron chi connectivity index (χ0n) is 22.6. The molecule has 0 amide bonds. The quantitative estimate of drug-likeness (QED) is 0.205. The van der Waals surface area contributed by atoms with Gasteiger partial charge in [0.15, 0.2) is 0 Å². The molecule has 3 aromatic rings. The second-order valence-electron chi connectivity index (χ2n) is 11.5. The first-order chi connectivity index (χ1) is 17.3. The van der Waals surface area contributed by atoms with Crippen LogP contribution in [0, 0.1) is 0 Å². The summed E-state index contributed by atoms with van der Waals surface area (Å²) in [5.41, 5.74) is 7.24. The van der Waals surface area contributed by atoms with Crippen molar-refractivity contribution in [2.45, 2.75) is 71.6 Å². The number of hydrogen-bond acceptors (Lipinski definition) is 2. The number of carboxylic acid groups (broad SMARTS) is 2. The number of aliphatic carboxylic acids is 1. The molecule has 0 spiro atoms. The Bertz CT molecular complexity index is 1470. The summed E-state index contributed by atoms with van der Waals surface area (Å²) in [5, 5.41) is 21.4. The van der Waals surface area contributed by atoms with Gasteiger partial charge >= 0.3 is 11.9 Å². The third-order valence-electron chi connectivity index (χ3n) is 7.95. The summed E-state index contributed by atoms with van der Waals surface area (Å²) in [7, 11) is 0. The molecule has 0 saturated heterocycles. The van der Waals surface area contributed by atoms with Crippen molar-refractivity contribution in [2.24, 2.45) is 0 Å². The van der Waals surface area contributed by atoms with Gasteiger partial charge in [0.05, 0.1) is 5.56 Å². The Morgan fingerprint density at radius 3 is 1.97 bits per heavy atom. The van der Waals surface area contributed by atoms with E-state index in [1.165, 1.54) is 22.6 Å². The smallest absolute Gasteiger partial charge is 0.335 e. The average molecular weight is 497 g/mol. The number of benzene rings is 3. The van der Waals surface area contributed by atoms with Crippen LogP contribution >= 0.6 is 0 Å². The number of hydrogen-bond donors (Lipinski definition) is 2. The van der Waals surface area contributed by atoms with Gasteiger partial charge in [0.25, 0.3) is 0 Å². The highest BCUT2D eigenvalue weighted by Crippen LogP contribution is 2.47. The van der Waals surface area contributed by atoms with E-state index in [2.05, 4.69) is 58.0 Å². The Morgan fingerprint density at radius 2 is 1.41 bits per heavy atom. The fraction of sp³-hybridized carbons (Fsp3) is 0.333. The van der Waals surface area contributed by atoms with Crippen molar-refractivity contribution in [1.82, 2.24) is 0 Å². The fourth-order valence-electron chi connectivity index (χ4n) is 5.73. The van der Waals surface area contributed by atoms with Gasteiger partial charge in [-0.1, -0.05) is 71.0 Å². The van der Waals surface area contributed by atoms with E-state index in [9.17, 15) is 19.8 Å². The Balaban J connectivity index is 1.98. The molecular formula is C33H36O4. The highest BCUT2D eigenvalue weighted by Gasteiger charge is 2.37. The lowest BCUT2D eigenvalue weighted by Gasteiger charge is -2.42. The molecule has 0 heterocycles. The number of aromatic carboxylic acids is 1. The van der Waals surface area contributed by atoms with Crippen molar-refractivity contribution in [1.29, 1.82) is 0 Å². The first-order valence-electron chi connectivity index (χ1n) is 12.9. The third-order valence-corrected chi connectivity index (χ3v) is 7.95. The second-order valence-corrected chi connectivity index (χ2v) is 11.5. The molecular weight excluding hydrogens is 460 g/mol. The highest BCUT2D eigenvalue weighted by atomic mass is 16.4.